The van der Waals surface area contributed by atoms with E-state index >= 15 is 0 Å². The van der Waals surface area contributed by atoms with Gasteiger partial charge in [-0.25, -0.2) is 4.98 Å². The van der Waals surface area contributed by atoms with Crippen LogP contribution in [0.1, 0.15) is 30.6 Å². The first-order chi connectivity index (χ1) is 9.74. The van der Waals surface area contributed by atoms with Gasteiger partial charge in [0.2, 0.25) is 0 Å². The smallest absolute Gasteiger partial charge is 0.380 e. The maximum Gasteiger partial charge on any atom is 0.416 e. The molecular weight excluding hydrogens is 305 g/mol. The fraction of sp³-hybridized carbons (Fsp3) is 0.500. The number of aromatic nitrogens is 2. The van der Waals surface area contributed by atoms with Crippen molar-refractivity contribution in [3.05, 3.63) is 29.6 Å². The number of halogens is 4. The van der Waals surface area contributed by atoms with E-state index in [4.69, 9.17) is 16.3 Å². The monoisotopic (exact) mass is 320 g/mol. The Kier molecular flexibility index (Phi) is 4.49. The molecule has 3 nitrogen and oxygen atoms in total. The van der Waals surface area contributed by atoms with Crippen molar-refractivity contribution in [2.24, 2.45) is 0 Å². The molecule has 0 aliphatic carbocycles. The molecule has 2 aromatic rings. The number of nitrogens with zero attached hydrogens (tertiary/aromatic N) is 2. The van der Waals surface area contributed by atoms with Crippen molar-refractivity contribution in [3.8, 4) is 0 Å². The largest absolute Gasteiger partial charge is 0.416 e. The molecule has 1 aromatic heterocycles. The van der Waals surface area contributed by atoms with Crippen molar-refractivity contribution in [2.45, 2.75) is 38.0 Å². The van der Waals surface area contributed by atoms with Gasteiger partial charge in [0.05, 0.1) is 34.6 Å². The third-order valence-corrected chi connectivity index (χ3v) is 3.50. The Bertz CT molecular complexity index is 637. The predicted octanol–water partition coefficient (Wildman–Crippen LogP) is 4.39. The summed E-state index contributed by atoms with van der Waals surface area (Å²) >= 11 is 6.09. The van der Waals surface area contributed by atoms with Gasteiger partial charge in [0, 0.05) is 7.11 Å². The summed E-state index contributed by atoms with van der Waals surface area (Å²) in [7, 11) is 1.58. The van der Waals surface area contributed by atoms with Crippen molar-refractivity contribution in [3.63, 3.8) is 0 Å². The van der Waals surface area contributed by atoms with Crippen LogP contribution in [0.25, 0.3) is 11.0 Å². The lowest BCUT2D eigenvalue weighted by Crippen LogP contribution is -2.17. The number of hydrogen-bond acceptors (Lipinski definition) is 2. The lowest BCUT2D eigenvalue weighted by molar-refractivity contribution is -0.137. The molecule has 2 unspecified atom stereocenters. The van der Waals surface area contributed by atoms with Crippen molar-refractivity contribution < 1.29 is 17.9 Å². The molecule has 21 heavy (non-hydrogen) atoms. The molecule has 0 aliphatic heterocycles. The molecule has 7 heteroatoms. The lowest BCUT2D eigenvalue weighted by atomic mass is 10.2. The molecule has 116 valence electrons. The van der Waals surface area contributed by atoms with Gasteiger partial charge in [0.1, 0.15) is 5.82 Å². The average Bonchev–Trinajstić information content (AvgIpc) is 2.76. The van der Waals surface area contributed by atoms with Gasteiger partial charge in [-0.1, -0.05) is 0 Å². The second-order valence-corrected chi connectivity index (χ2v) is 5.60. The summed E-state index contributed by atoms with van der Waals surface area (Å²) in [5, 5.41) is -0.407. The highest BCUT2D eigenvalue weighted by Gasteiger charge is 2.31. The molecule has 1 heterocycles. The fourth-order valence-electron chi connectivity index (χ4n) is 2.15. The first kappa shape index (κ1) is 16.1. The molecule has 1 aromatic carbocycles. The lowest BCUT2D eigenvalue weighted by Gasteiger charge is -2.15. The molecule has 0 saturated carbocycles. The Hall–Kier alpha value is -1.27. The van der Waals surface area contributed by atoms with Crippen LogP contribution in [0, 0.1) is 0 Å². The zero-order chi connectivity index (χ0) is 15.8. The number of methoxy groups -OCH3 is 1. The van der Waals surface area contributed by atoms with Gasteiger partial charge in [-0.15, -0.1) is 11.6 Å². The summed E-state index contributed by atoms with van der Waals surface area (Å²) in [6.07, 6.45) is -4.48. The summed E-state index contributed by atoms with van der Waals surface area (Å²) in [6.45, 7) is 4.09. The Morgan fingerprint density at radius 2 is 2.00 bits per heavy atom. The standard InChI is InChI=1S/C14H16ClF3N2O/c1-8(21-3)7-20-12-5-4-10(14(16,17)18)6-11(12)19-13(20)9(2)15/h4-6,8-9H,7H2,1-3H3. The van der Waals surface area contributed by atoms with E-state index in [1.807, 2.05) is 6.92 Å². The fourth-order valence-corrected chi connectivity index (χ4v) is 2.32. The molecule has 0 N–H and O–H groups in total. The van der Waals surface area contributed by atoms with Crippen molar-refractivity contribution in [2.75, 3.05) is 7.11 Å². The Balaban J connectivity index is 2.57. The summed E-state index contributed by atoms with van der Waals surface area (Å²) in [5.41, 5.74) is 0.193. The summed E-state index contributed by atoms with van der Waals surface area (Å²) < 4.78 is 45.3. The van der Waals surface area contributed by atoms with Crippen molar-refractivity contribution in [1.82, 2.24) is 9.55 Å². The van der Waals surface area contributed by atoms with E-state index in [-0.39, 0.29) is 11.6 Å². The van der Waals surface area contributed by atoms with Crippen molar-refractivity contribution in [1.29, 1.82) is 0 Å². The summed E-state index contributed by atoms with van der Waals surface area (Å²) in [4.78, 5) is 4.25. The molecule has 0 saturated heterocycles. The first-order valence-electron chi connectivity index (χ1n) is 6.48. The van der Waals surface area contributed by atoms with Crippen LogP contribution in [0.5, 0.6) is 0 Å². The SMILES string of the molecule is COC(C)Cn1c(C(C)Cl)nc2cc(C(F)(F)F)ccc21. The van der Waals surface area contributed by atoms with Gasteiger partial charge in [-0.2, -0.15) is 13.2 Å². The van der Waals surface area contributed by atoms with Gasteiger partial charge in [-0.05, 0) is 32.0 Å². The van der Waals surface area contributed by atoms with Gasteiger partial charge in [0.25, 0.3) is 0 Å². The van der Waals surface area contributed by atoms with Crippen LogP contribution in [0.4, 0.5) is 13.2 Å². The maximum absolute atomic E-state index is 12.8. The molecular formula is C14H16ClF3N2O. The number of rotatable bonds is 4. The van der Waals surface area contributed by atoms with Crippen LogP contribution in [-0.4, -0.2) is 22.8 Å². The molecule has 0 spiro atoms. The molecule has 2 atom stereocenters. The highest BCUT2D eigenvalue weighted by atomic mass is 35.5. The second-order valence-electron chi connectivity index (χ2n) is 4.94. The van der Waals surface area contributed by atoms with E-state index in [1.54, 1.807) is 18.6 Å². The van der Waals surface area contributed by atoms with Crippen LogP contribution in [-0.2, 0) is 17.5 Å². The van der Waals surface area contributed by atoms with Crippen LogP contribution in [0.3, 0.4) is 0 Å². The van der Waals surface area contributed by atoms with Gasteiger partial charge in [-0.3, -0.25) is 0 Å². The molecule has 0 fully saturated rings. The average molecular weight is 321 g/mol. The molecule has 2 rings (SSSR count). The highest BCUT2D eigenvalue weighted by Crippen LogP contribution is 2.33. The van der Waals surface area contributed by atoms with E-state index in [0.29, 0.717) is 17.9 Å². The second kappa shape index (κ2) is 5.85. The summed E-state index contributed by atoms with van der Waals surface area (Å²) in [5.74, 6) is 0.537. The summed E-state index contributed by atoms with van der Waals surface area (Å²) in [6, 6.07) is 3.53. The molecule has 0 amide bonds. The third kappa shape index (κ3) is 3.32. The molecule has 0 radical (unpaired) electrons. The van der Waals surface area contributed by atoms with E-state index in [0.717, 1.165) is 12.1 Å². The maximum atomic E-state index is 12.8. The van der Waals surface area contributed by atoms with Crippen LogP contribution in [0.2, 0.25) is 0 Å². The zero-order valence-electron chi connectivity index (χ0n) is 11.9. The van der Waals surface area contributed by atoms with Crippen LogP contribution < -0.4 is 0 Å². The van der Waals surface area contributed by atoms with Gasteiger partial charge < -0.3 is 9.30 Å². The normalized spacial score (nSPS) is 15.4. The van der Waals surface area contributed by atoms with Gasteiger partial charge in [0.15, 0.2) is 0 Å². The van der Waals surface area contributed by atoms with Crippen LogP contribution in [0.15, 0.2) is 18.2 Å². The quantitative estimate of drug-likeness (QED) is 0.781. The molecule has 0 bridgehead atoms. The van der Waals surface area contributed by atoms with Crippen molar-refractivity contribution >= 4 is 22.6 Å². The topological polar surface area (TPSA) is 27.1 Å². The number of fused-ring (bicyclic) bond motifs is 1. The van der Waals surface area contributed by atoms with E-state index < -0.39 is 17.1 Å². The Morgan fingerprint density at radius 3 is 2.52 bits per heavy atom. The minimum Gasteiger partial charge on any atom is -0.380 e. The minimum absolute atomic E-state index is 0.0983. The van der Waals surface area contributed by atoms with E-state index in [1.165, 1.54) is 6.07 Å². The number of benzene rings is 1. The number of imidazole rings is 1. The number of alkyl halides is 4. The Labute approximate surface area is 125 Å². The van der Waals surface area contributed by atoms with E-state index in [2.05, 4.69) is 4.98 Å². The Morgan fingerprint density at radius 1 is 1.33 bits per heavy atom. The van der Waals surface area contributed by atoms with Crippen LogP contribution >= 0.6 is 11.6 Å². The first-order valence-corrected chi connectivity index (χ1v) is 6.92. The number of ether oxygens (including phenoxy) is 1. The predicted molar refractivity (Wildman–Crippen MR) is 75.5 cm³/mol. The zero-order valence-corrected chi connectivity index (χ0v) is 12.7. The van der Waals surface area contributed by atoms with Gasteiger partial charge >= 0.3 is 6.18 Å². The highest BCUT2D eigenvalue weighted by molar-refractivity contribution is 6.20. The molecule has 0 aliphatic rings. The third-order valence-electron chi connectivity index (χ3n) is 3.30. The minimum atomic E-state index is -4.38. The number of hydrogen-bond donors (Lipinski definition) is 0. The van der Waals surface area contributed by atoms with E-state index in [9.17, 15) is 13.2 Å².